The molecule has 0 unspecified atom stereocenters. The number of aliphatic hydroxyl groups is 1. The Kier molecular flexibility index (Phi) is 4.49. The maximum atomic E-state index is 9.62. The third-order valence-corrected chi connectivity index (χ3v) is 4.01. The Bertz CT molecular complexity index is 767. The SMILES string of the molecule is CC(C)(C#N)c1cc(Cn2cncn2)cc([C@@](C)(C#N)CO)c1. The molecule has 0 aliphatic rings. The summed E-state index contributed by atoms with van der Waals surface area (Å²) in [6, 6.07) is 10.1. The number of aliphatic hydroxyl groups excluding tert-OH is 1. The van der Waals surface area contributed by atoms with Gasteiger partial charge in [0.15, 0.2) is 0 Å². The van der Waals surface area contributed by atoms with Crippen molar-refractivity contribution in [3.8, 4) is 12.1 Å². The van der Waals surface area contributed by atoms with Crippen molar-refractivity contribution in [1.29, 1.82) is 10.5 Å². The third kappa shape index (κ3) is 3.39. The van der Waals surface area contributed by atoms with Crippen molar-refractivity contribution < 1.29 is 5.11 Å². The summed E-state index contributed by atoms with van der Waals surface area (Å²) in [4.78, 5) is 3.92. The van der Waals surface area contributed by atoms with Crippen LogP contribution in [0.4, 0.5) is 0 Å². The van der Waals surface area contributed by atoms with Crippen LogP contribution in [-0.4, -0.2) is 26.5 Å². The minimum absolute atomic E-state index is 0.289. The molecular weight excluding hydrogens is 290 g/mol. The smallest absolute Gasteiger partial charge is 0.137 e. The van der Waals surface area contributed by atoms with Gasteiger partial charge >= 0.3 is 0 Å². The summed E-state index contributed by atoms with van der Waals surface area (Å²) in [5, 5.41) is 32.5. The van der Waals surface area contributed by atoms with Gasteiger partial charge in [-0.15, -0.1) is 0 Å². The van der Waals surface area contributed by atoms with E-state index in [0.29, 0.717) is 12.1 Å². The Labute approximate surface area is 135 Å². The average Bonchev–Trinajstić information content (AvgIpc) is 3.06. The quantitative estimate of drug-likeness (QED) is 0.909. The lowest BCUT2D eigenvalue weighted by Gasteiger charge is -2.24. The molecule has 0 spiro atoms. The van der Waals surface area contributed by atoms with E-state index in [0.717, 1.165) is 11.1 Å². The van der Waals surface area contributed by atoms with E-state index < -0.39 is 10.8 Å². The topological polar surface area (TPSA) is 98.5 Å². The molecule has 1 aromatic heterocycles. The molecule has 6 nitrogen and oxygen atoms in total. The van der Waals surface area contributed by atoms with Crippen LogP contribution in [0.3, 0.4) is 0 Å². The van der Waals surface area contributed by atoms with Crippen molar-refractivity contribution in [3.63, 3.8) is 0 Å². The fourth-order valence-corrected chi connectivity index (χ4v) is 2.22. The molecule has 0 bridgehead atoms. The van der Waals surface area contributed by atoms with Crippen LogP contribution in [0.2, 0.25) is 0 Å². The predicted molar refractivity (Wildman–Crippen MR) is 84.3 cm³/mol. The van der Waals surface area contributed by atoms with Gasteiger partial charge in [0.05, 0.1) is 30.7 Å². The second kappa shape index (κ2) is 6.20. The van der Waals surface area contributed by atoms with Crippen molar-refractivity contribution in [2.24, 2.45) is 0 Å². The van der Waals surface area contributed by atoms with Gasteiger partial charge in [-0.3, -0.25) is 0 Å². The van der Waals surface area contributed by atoms with Gasteiger partial charge < -0.3 is 5.11 Å². The van der Waals surface area contributed by atoms with Crippen LogP contribution in [0.15, 0.2) is 30.9 Å². The molecule has 2 rings (SSSR count). The molecule has 23 heavy (non-hydrogen) atoms. The summed E-state index contributed by atoms with van der Waals surface area (Å²) < 4.78 is 1.67. The first-order chi connectivity index (χ1) is 10.8. The minimum Gasteiger partial charge on any atom is -0.394 e. The molecule has 0 aliphatic heterocycles. The minimum atomic E-state index is -1.02. The number of rotatable bonds is 5. The van der Waals surface area contributed by atoms with E-state index in [1.54, 1.807) is 17.9 Å². The van der Waals surface area contributed by atoms with Gasteiger partial charge in [0, 0.05) is 0 Å². The Morgan fingerprint density at radius 2 is 1.83 bits per heavy atom. The molecule has 1 aromatic carbocycles. The molecule has 118 valence electrons. The molecule has 1 N–H and O–H groups in total. The molecule has 0 radical (unpaired) electrons. The van der Waals surface area contributed by atoms with Gasteiger partial charge in [-0.25, -0.2) is 9.67 Å². The van der Waals surface area contributed by atoms with Crippen molar-refractivity contribution in [1.82, 2.24) is 14.8 Å². The van der Waals surface area contributed by atoms with E-state index >= 15 is 0 Å². The van der Waals surface area contributed by atoms with Gasteiger partial charge in [-0.1, -0.05) is 18.2 Å². The summed E-state index contributed by atoms with van der Waals surface area (Å²) in [6.45, 7) is 5.53. The highest BCUT2D eigenvalue weighted by Gasteiger charge is 2.29. The molecule has 0 saturated heterocycles. The molecule has 0 amide bonds. The number of nitrogens with zero attached hydrogens (tertiary/aromatic N) is 5. The van der Waals surface area contributed by atoms with Crippen molar-refractivity contribution in [2.45, 2.75) is 38.1 Å². The van der Waals surface area contributed by atoms with E-state index in [9.17, 15) is 15.6 Å². The summed E-state index contributed by atoms with van der Waals surface area (Å²) in [7, 11) is 0. The summed E-state index contributed by atoms with van der Waals surface area (Å²) in [5.74, 6) is 0. The Morgan fingerprint density at radius 3 is 2.35 bits per heavy atom. The van der Waals surface area contributed by atoms with E-state index in [1.807, 2.05) is 32.0 Å². The molecule has 0 fully saturated rings. The van der Waals surface area contributed by atoms with Crippen LogP contribution in [0.1, 0.15) is 37.5 Å². The zero-order chi connectivity index (χ0) is 17.1. The molecule has 6 heteroatoms. The lowest BCUT2D eigenvalue weighted by atomic mass is 9.78. The second-order valence-corrected chi connectivity index (χ2v) is 6.35. The molecular formula is C17H19N5O. The van der Waals surface area contributed by atoms with Crippen molar-refractivity contribution in [3.05, 3.63) is 47.5 Å². The summed E-state index contributed by atoms with van der Waals surface area (Å²) in [6.07, 6.45) is 3.06. The highest BCUT2D eigenvalue weighted by atomic mass is 16.3. The number of nitriles is 2. The molecule has 1 atom stereocenters. The van der Waals surface area contributed by atoms with Crippen LogP contribution in [0.25, 0.3) is 0 Å². The lowest BCUT2D eigenvalue weighted by molar-refractivity contribution is 0.240. The molecule has 0 saturated carbocycles. The van der Waals surface area contributed by atoms with Gasteiger partial charge in [0.2, 0.25) is 0 Å². The summed E-state index contributed by atoms with van der Waals surface area (Å²) in [5.41, 5.74) is 0.694. The van der Waals surface area contributed by atoms with E-state index in [2.05, 4.69) is 22.2 Å². The maximum absolute atomic E-state index is 9.62. The highest BCUT2D eigenvalue weighted by molar-refractivity contribution is 5.43. The van der Waals surface area contributed by atoms with Crippen molar-refractivity contribution in [2.75, 3.05) is 6.61 Å². The molecule has 0 aliphatic carbocycles. The Balaban J connectivity index is 2.57. The van der Waals surface area contributed by atoms with Crippen LogP contribution < -0.4 is 0 Å². The number of hydrogen-bond acceptors (Lipinski definition) is 5. The zero-order valence-electron chi connectivity index (χ0n) is 13.5. The Hall–Kier alpha value is -2.70. The maximum Gasteiger partial charge on any atom is 0.137 e. The van der Waals surface area contributed by atoms with E-state index in [1.165, 1.54) is 6.33 Å². The van der Waals surface area contributed by atoms with E-state index in [4.69, 9.17) is 0 Å². The second-order valence-electron chi connectivity index (χ2n) is 6.35. The predicted octanol–water partition coefficient (Wildman–Crippen LogP) is 1.90. The number of aromatic nitrogens is 3. The first-order valence-electron chi connectivity index (χ1n) is 7.25. The average molecular weight is 309 g/mol. The Morgan fingerprint density at radius 1 is 1.13 bits per heavy atom. The van der Waals surface area contributed by atoms with E-state index in [-0.39, 0.29) is 6.61 Å². The van der Waals surface area contributed by atoms with Crippen LogP contribution in [0.5, 0.6) is 0 Å². The first kappa shape index (κ1) is 16.7. The summed E-state index contributed by atoms with van der Waals surface area (Å²) >= 11 is 0. The largest absolute Gasteiger partial charge is 0.394 e. The third-order valence-electron chi connectivity index (χ3n) is 4.01. The highest BCUT2D eigenvalue weighted by Crippen LogP contribution is 2.30. The number of hydrogen-bond donors (Lipinski definition) is 1. The van der Waals surface area contributed by atoms with Gasteiger partial charge in [0.1, 0.15) is 18.1 Å². The van der Waals surface area contributed by atoms with Gasteiger partial charge in [0.25, 0.3) is 0 Å². The van der Waals surface area contributed by atoms with Gasteiger partial charge in [-0.05, 0) is 37.5 Å². The number of benzene rings is 1. The molecule has 1 heterocycles. The van der Waals surface area contributed by atoms with Crippen LogP contribution in [0, 0.1) is 22.7 Å². The fraction of sp³-hybridized carbons (Fsp3) is 0.412. The first-order valence-corrected chi connectivity index (χ1v) is 7.25. The standard InChI is InChI=1S/C17H19N5O/c1-16(2,8-18)14-4-13(7-22-12-20-11-21-22)5-15(6-14)17(3,9-19)10-23/h4-6,11-12,23H,7,10H2,1-3H3/t17-/m0/s1. The van der Waals surface area contributed by atoms with Crippen molar-refractivity contribution >= 4 is 0 Å². The fourth-order valence-electron chi connectivity index (χ4n) is 2.22. The molecule has 2 aromatic rings. The van der Waals surface area contributed by atoms with Gasteiger partial charge in [-0.2, -0.15) is 15.6 Å². The van der Waals surface area contributed by atoms with Crippen LogP contribution in [-0.2, 0) is 17.4 Å². The zero-order valence-corrected chi connectivity index (χ0v) is 13.5. The monoisotopic (exact) mass is 309 g/mol. The van der Waals surface area contributed by atoms with Crippen LogP contribution >= 0.6 is 0 Å². The lowest BCUT2D eigenvalue weighted by Crippen LogP contribution is -2.26. The normalized spacial score (nSPS) is 13.8.